The number of rotatable bonds is 5. The molecular formula is C10H21N3OSi. The third-order valence-electron chi connectivity index (χ3n) is 2.14. The Kier molecular flexibility index (Phi) is 4.35. The van der Waals surface area contributed by atoms with E-state index in [0.29, 0.717) is 19.2 Å². The molecule has 1 aliphatic heterocycles. The monoisotopic (exact) mass is 227 g/mol. The van der Waals surface area contributed by atoms with Crippen molar-refractivity contribution in [1.29, 1.82) is 0 Å². The van der Waals surface area contributed by atoms with Crippen molar-refractivity contribution in [3.05, 3.63) is 12.3 Å². The van der Waals surface area contributed by atoms with Gasteiger partial charge in [0.2, 0.25) is 0 Å². The maximum absolute atomic E-state index is 5.58. The molecule has 0 aromatic heterocycles. The predicted molar refractivity (Wildman–Crippen MR) is 66.4 cm³/mol. The van der Waals surface area contributed by atoms with E-state index in [1.165, 1.54) is 6.04 Å². The highest BCUT2D eigenvalue weighted by Crippen LogP contribution is 2.08. The van der Waals surface area contributed by atoms with Crippen LogP contribution in [0, 0.1) is 0 Å². The van der Waals surface area contributed by atoms with E-state index in [1.807, 2.05) is 11.1 Å². The topological polar surface area (TPSA) is 50.9 Å². The third-order valence-corrected chi connectivity index (χ3v) is 3.85. The van der Waals surface area contributed by atoms with Crippen molar-refractivity contribution in [2.24, 2.45) is 10.7 Å². The molecule has 1 rings (SSSR count). The van der Waals surface area contributed by atoms with E-state index in [1.54, 1.807) is 6.08 Å². The van der Waals surface area contributed by atoms with E-state index >= 15 is 0 Å². The van der Waals surface area contributed by atoms with Crippen molar-refractivity contribution < 1.29 is 4.74 Å². The van der Waals surface area contributed by atoms with Crippen molar-refractivity contribution in [1.82, 2.24) is 4.90 Å². The van der Waals surface area contributed by atoms with Crippen molar-refractivity contribution >= 4 is 13.9 Å². The van der Waals surface area contributed by atoms with Crippen molar-refractivity contribution in [2.45, 2.75) is 25.7 Å². The molecule has 1 aliphatic rings. The maximum Gasteiger partial charge on any atom is 0.121 e. The fourth-order valence-electron chi connectivity index (χ4n) is 1.10. The lowest BCUT2D eigenvalue weighted by Gasteiger charge is -2.22. The first-order valence-corrected chi connectivity index (χ1v) is 8.98. The minimum absolute atomic E-state index is 0.591. The van der Waals surface area contributed by atoms with Gasteiger partial charge >= 0.3 is 0 Å². The zero-order valence-corrected chi connectivity index (χ0v) is 10.9. The second-order valence-electron chi connectivity index (χ2n) is 4.98. The quantitative estimate of drug-likeness (QED) is 0.571. The molecule has 86 valence electrons. The average Bonchev–Trinajstić information content (AvgIpc) is 2.14. The lowest BCUT2D eigenvalue weighted by Crippen LogP contribution is -2.28. The van der Waals surface area contributed by atoms with Crippen molar-refractivity contribution in [3.8, 4) is 0 Å². The summed E-state index contributed by atoms with van der Waals surface area (Å²) in [5, 5.41) is 0. The number of hydrogen-bond donors (Lipinski definition) is 1. The summed E-state index contributed by atoms with van der Waals surface area (Å²) in [5.41, 5.74) is 5.51. The molecule has 0 aromatic rings. The summed E-state index contributed by atoms with van der Waals surface area (Å²) >= 11 is 0. The van der Waals surface area contributed by atoms with Crippen LogP contribution in [0.25, 0.3) is 0 Å². The molecule has 2 N–H and O–H groups in total. The molecule has 15 heavy (non-hydrogen) atoms. The van der Waals surface area contributed by atoms with Crippen LogP contribution in [0.5, 0.6) is 0 Å². The van der Waals surface area contributed by atoms with Gasteiger partial charge in [-0.2, -0.15) is 0 Å². The lowest BCUT2D eigenvalue weighted by atomic mass is 10.5. The first kappa shape index (κ1) is 12.3. The second-order valence-corrected chi connectivity index (χ2v) is 10.6. The molecule has 0 saturated heterocycles. The number of hydrogen-bond acceptors (Lipinski definition) is 4. The Balaban J connectivity index is 2.10. The summed E-state index contributed by atoms with van der Waals surface area (Å²) in [7, 11) is -0.964. The minimum Gasteiger partial charge on any atom is -0.384 e. The van der Waals surface area contributed by atoms with Gasteiger partial charge in [-0.05, 0) is 12.1 Å². The average molecular weight is 227 g/mol. The molecule has 0 atom stereocenters. The number of amidine groups is 1. The van der Waals surface area contributed by atoms with E-state index in [-0.39, 0.29) is 0 Å². The Morgan fingerprint density at radius 3 is 2.80 bits per heavy atom. The molecule has 5 heteroatoms. The molecule has 0 spiro atoms. The van der Waals surface area contributed by atoms with Crippen LogP contribution >= 0.6 is 0 Å². The molecule has 0 unspecified atom stereocenters. The summed E-state index contributed by atoms with van der Waals surface area (Å²) in [6.07, 6.45) is 3.72. The molecular weight excluding hydrogens is 206 g/mol. The Morgan fingerprint density at radius 2 is 2.27 bits per heavy atom. The molecule has 0 fully saturated rings. The first-order valence-electron chi connectivity index (χ1n) is 5.27. The second kappa shape index (κ2) is 5.32. The smallest absolute Gasteiger partial charge is 0.121 e. The zero-order chi connectivity index (χ0) is 11.3. The number of aliphatic imine (C=N–C) groups is 1. The molecule has 0 bridgehead atoms. The highest BCUT2D eigenvalue weighted by atomic mass is 28.3. The number of nitrogens with two attached hydrogens (primary N) is 1. The minimum atomic E-state index is -0.964. The predicted octanol–water partition coefficient (Wildman–Crippen LogP) is 1.44. The van der Waals surface area contributed by atoms with E-state index in [0.717, 1.165) is 6.61 Å². The SMILES string of the molecule is C[Si](C)(C)CCOCN1C=CC(N)=NC1. The van der Waals surface area contributed by atoms with Gasteiger partial charge in [-0.3, -0.25) is 0 Å². The normalized spacial score (nSPS) is 16.7. The molecule has 0 aliphatic carbocycles. The largest absolute Gasteiger partial charge is 0.384 e. The lowest BCUT2D eigenvalue weighted by molar-refractivity contribution is 0.0631. The first-order chi connectivity index (χ1) is 6.97. The molecule has 1 heterocycles. The standard InChI is InChI=1S/C10H21N3OSi/c1-15(2,3)7-6-14-9-13-5-4-10(11)12-8-13/h4-5H,6-9H2,1-3H3,(H2,11,12). The van der Waals surface area contributed by atoms with Gasteiger partial charge in [0, 0.05) is 20.9 Å². The Hall–Kier alpha value is -0.813. The van der Waals surface area contributed by atoms with Gasteiger partial charge in [0.05, 0.1) is 0 Å². The van der Waals surface area contributed by atoms with Crippen molar-refractivity contribution in [3.63, 3.8) is 0 Å². The maximum atomic E-state index is 5.58. The highest BCUT2D eigenvalue weighted by Gasteiger charge is 2.12. The fraction of sp³-hybridized carbons (Fsp3) is 0.700. The van der Waals surface area contributed by atoms with Crippen LogP contribution in [-0.4, -0.2) is 38.8 Å². The van der Waals surface area contributed by atoms with Gasteiger partial charge in [0.1, 0.15) is 19.2 Å². The fourth-order valence-corrected chi connectivity index (χ4v) is 1.85. The molecule has 0 aromatic carbocycles. The Morgan fingerprint density at radius 1 is 1.53 bits per heavy atom. The van der Waals surface area contributed by atoms with Gasteiger partial charge in [-0.25, -0.2) is 4.99 Å². The summed E-state index contributed by atoms with van der Waals surface area (Å²) in [6.45, 7) is 9.11. The third kappa shape index (κ3) is 5.59. The molecule has 0 amide bonds. The van der Waals surface area contributed by atoms with Crippen LogP contribution < -0.4 is 5.73 Å². The number of ether oxygens (including phenoxy) is 1. The van der Waals surface area contributed by atoms with E-state index in [9.17, 15) is 0 Å². The van der Waals surface area contributed by atoms with Crippen molar-refractivity contribution in [2.75, 3.05) is 20.0 Å². The van der Waals surface area contributed by atoms with E-state index < -0.39 is 8.07 Å². The summed E-state index contributed by atoms with van der Waals surface area (Å²) in [6, 6.07) is 1.20. The van der Waals surface area contributed by atoms with Gasteiger partial charge < -0.3 is 15.4 Å². The highest BCUT2D eigenvalue weighted by molar-refractivity contribution is 6.76. The van der Waals surface area contributed by atoms with Gasteiger partial charge in [0.25, 0.3) is 0 Å². The summed E-state index contributed by atoms with van der Waals surface area (Å²) in [4.78, 5) is 6.10. The Bertz CT molecular complexity index is 258. The molecule has 0 radical (unpaired) electrons. The van der Waals surface area contributed by atoms with Crippen LogP contribution in [0.2, 0.25) is 25.7 Å². The Labute approximate surface area is 92.8 Å². The molecule has 4 nitrogen and oxygen atoms in total. The summed E-state index contributed by atoms with van der Waals surface area (Å²) in [5.74, 6) is 0.591. The van der Waals surface area contributed by atoms with E-state index in [2.05, 4.69) is 24.6 Å². The number of nitrogens with zero attached hydrogens (tertiary/aromatic N) is 2. The van der Waals surface area contributed by atoms with E-state index in [4.69, 9.17) is 10.5 Å². The van der Waals surface area contributed by atoms with Crippen LogP contribution in [0.3, 0.4) is 0 Å². The van der Waals surface area contributed by atoms with Gasteiger partial charge in [-0.1, -0.05) is 19.6 Å². The van der Waals surface area contributed by atoms with Crippen LogP contribution in [-0.2, 0) is 4.74 Å². The zero-order valence-electron chi connectivity index (χ0n) is 9.86. The molecule has 0 saturated carbocycles. The van der Waals surface area contributed by atoms with Crippen LogP contribution in [0.1, 0.15) is 0 Å². The summed E-state index contributed by atoms with van der Waals surface area (Å²) < 4.78 is 5.58. The van der Waals surface area contributed by atoms with Gasteiger partial charge in [-0.15, -0.1) is 0 Å². The van der Waals surface area contributed by atoms with Crippen LogP contribution in [0.15, 0.2) is 17.3 Å². The van der Waals surface area contributed by atoms with Gasteiger partial charge in [0.15, 0.2) is 0 Å². The van der Waals surface area contributed by atoms with Crippen LogP contribution in [0.4, 0.5) is 0 Å².